The normalized spacial score (nSPS) is 10.3. The van der Waals surface area contributed by atoms with Crippen molar-refractivity contribution in [3.05, 3.63) is 0 Å². The van der Waals surface area contributed by atoms with Gasteiger partial charge in [0.15, 0.2) is 0 Å². The molecule has 0 radical (unpaired) electrons. The van der Waals surface area contributed by atoms with E-state index in [1.807, 2.05) is 6.21 Å². The van der Waals surface area contributed by atoms with E-state index >= 15 is 0 Å². The van der Waals surface area contributed by atoms with Crippen molar-refractivity contribution >= 4 is 6.21 Å². The van der Waals surface area contributed by atoms with E-state index < -0.39 is 0 Å². The Morgan fingerprint density at radius 1 is 1.67 bits per heavy atom. The van der Waals surface area contributed by atoms with E-state index in [9.17, 15) is 0 Å². The third kappa shape index (κ3) is 3.67. The van der Waals surface area contributed by atoms with Gasteiger partial charge in [0, 0.05) is 7.05 Å². The maximum atomic E-state index is 3.80. The Morgan fingerprint density at radius 3 is 2.50 bits per heavy atom. The van der Waals surface area contributed by atoms with E-state index in [1.165, 1.54) is 6.42 Å². The fourth-order valence-corrected chi connectivity index (χ4v) is 0.258. The van der Waals surface area contributed by atoms with Crippen LogP contribution in [0, 0.1) is 0 Å². The number of rotatable bonds is 2. The van der Waals surface area contributed by atoms with Gasteiger partial charge >= 0.3 is 0 Å². The second kappa shape index (κ2) is 4.67. The fourth-order valence-electron chi connectivity index (χ4n) is 0.258. The summed E-state index contributed by atoms with van der Waals surface area (Å²) in [7, 11) is 1.80. The Hall–Kier alpha value is -0.330. The van der Waals surface area contributed by atoms with Gasteiger partial charge in [-0.25, -0.2) is 0 Å². The number of nitrogens with zero attached hydrogens (tertiary/aromatic N) is 1. The van der Waals surface area contributed by atoms with Crippen LogP contribution in [-0.4, -0.2) is 13.3 Å². The summed E-state index contributed by atoms with van der Waals surface area (Å²) >= 11 is 0. The lowest BCUT2D eigenvalue weighted by atomic mass is 10.4. The lowest BCUT2D eigenvalue weighted by molar-refractivity contribution is 1.01. The van der Waals surface area contributed by atoms with Crippen LogP contribution in [0.5, 0.6) is 0 Å². The Kier molecular flexibility index (Phi) is 4.41. The maximum absolute atomic E-state index is 3.80. The lowest BCUT2D eigenvalue weighted by Crippen LogP contribution is -1.67. The molecule has 1 nitrogen and oxygen atoms in total. The molecule has 0 saturated carbocycles. The molecule has 0 aromatic rings. The second-order valence-corrected chi connectivity index (χ2v) is 1.23. The van der Waals surface area contributed by atoms with Crippen LogP contribution in [0.3, 0.4) is 0 Å². The zero-order valence-electron chi connectivity index (χ0n) is 4.44. The molecule has 0 rings (SSSR count). The van der Waals surface area contributed by atoms with Gasteiger partial charge in [-0.2, -0.15) is 0 Å². The zero-order chi connectivity index (χ0) is 4.83. The van der Waals surface area contributed by atoms with Crippen molar-refractivity contribution in [3.63, 3.8) is 0 Å². The van der Waals surface area contributed by atoms with Crippen LogP contribution in [0.4, 0.5) is 0 Å². The first-order valence-corrected chi connectivity index (χ1v) is 2.32. The van der Waals surface area contributed by atoms with Crippen molar-refractivity contribution in [1.82, 2.24) is 0 Å². The van der Waals surface area contributed by atoms with Crippen LogP contribution < -0.4 is 0 Å². The molecule has 0 aliphatic carbocycles. The topological polar surface area (TPSA) is 12.4 Å². The number of hydrogen-bond donors (Lipinski definition) is 0. The van der Waals surface area contributed by atoms with Crippen LogP contribution in [0.15, 0.2) is 4.99 Å². The molecule has 6 heavy (non-hydrogen) atoms. The lowest BCUT2D eigenvalue weighted by Gasteiger charge is -1.75. The molecule has 0 saturated heterocycles. The Bertz CT molecular complexity index is 39.2. The SMILES string of the molecule is CCC/C=N\C. The Balaban J connectivity index is 2.66. The molecule has 0 aromatic heterocycles. The van der Waals surface area contributed by atoms with Gasteiger partial charge in [-0.3, -0.25) is 0 Å². The molecule has 0 spiro atoms. The van der Waals surface area contributed by atoms with E-state index in [2.05, 4.69) is 11.9 Å². The molecule has 0 fully saturated rings. The van der Waals surface area contributed by atoms with Gasteiger partial charge in [-0.15, -0.1) is 0 Å². The van der Waals surface area contributed by atoms with Crippen molar-refractivity contribution < 1.29 is 0 Å². The summed E-state index contributed by atoms with van der Waals surface area (Å²) < 4.78 is 0. The third-order valence-corrected chi connectivity index (χ3v) is 0.600. The molecule has 0 heterocycles. The van der Waals surface area contributed by atoms with Crippen molar-refractivity contribution in [1.29, 1.82) is 0 Å². The zero-order valence-corrected chi connectivity index (χ0v) is 4.44. The van der Waals surface area contributed by atoms with Crippen LogP contribution in [-0.2, 0) is 0 Å². The van der Waals surface area contributed by atoms with Crippen molar-refractivity contribution in [3.8, 4) is 0 Å². The monoisotopic (exact) mass is 85.1 g/mol. The van der Waals surface area contributed by atoms with Gasteiger partial charge < -0.3 is 4.99 Å². The van der Waals surface area contributed by atoms with Crippen LogP contribution in [0.25, 0.3) is 0 Å². The van der Waals surface area contributed by atoms with E-state index in [0.29, 0.717) is 0 Å². The molecule has 0 unspecified atom stereocenters. The highest BCUT2D eigenvalue weighted by Gasteiger charge is 1.66. The largest absolute Gasteiger partial charge is 0.301 e. The predicted octanol–water partition coefficient (Wildman–Crippen LogP) is 1.49. The van der Waals surface area contributed by atoms with E-state index in [4.69, 9.17) is 0 Å². The molecule has 0 atom stereocenters. The third-order valence-electron chi connectivity index (χ3n) is 0.600. The quantitative estimate of drug-likeness (QED) is 0.450. The number of hydrogen-bond acceptors (Lipinski definition) is 1. The second-order valence-electron chi connectivity index (χ2n) is 1.23. The molecule has 0 N–H and O–H groups in total. The summed E-state index contributed by atoms with van der Waals surface area (Å²) in [5.74, 6) is 0. The van der Waals surface area contributed by atoms with E-state index in [1.54, 1.807) is 7.05 Å². The first kappa shape index (κ1) is 5.67. The first-order valence-electron chi connectivity index (χ1n) is 2.32. The smallest absolute Gasteiger partial charge is 0.0273 e. The first-order chi connectivity index (χ1) is 2.91. The summed E-state index contributed by atoms with van der Waals surface area (Å²) in [6, 6.07) is 0. The number of unbranched alkanes of at least 4 members (excludes halogenated alkanes) is 1. The molecule has 0 aromatic carbocycles. The maximum Gasteiger partial charge on any atom is 0.0273 e. The highest BCUT2D eigenvalue weighted by Crippen LogP contribution is 1.77. The Morgan fingerprint density at radius 2 is 2.33 bits per heavy atom. The highest BCUT2D eigenvalue weighted by molar-refractivity contribution is 5.56. The fraction of sp³-hybridized carbons (Fsp3) is 0.800. The highest BCUT2D eigenvalue weighted by atomic mass is 14.6. The Labute approximate surface area is 39.1 Å². The summed E-state index contributed by atoms with van der Waals surface area (Å²) in [6.45, 7) is 2.14. The predicted molar refractivity (Wildman–Crippen MR) is 29.3 cm³/mol. The van der Waals surface area contributed by atoms with Crippen molar-refractivity contribution in [2.24, 2.45) is 4.99 Å². The van der Waals surface area contributed by atoms with Gasteiger partial charge in [0.05, 0.1) is 0 Å². The van der Waals surface area contributed by atoms with E-state index in [0.717, 1.165) is 6.42 Å². The average molecular weight is 85.1 g/mol. The molecule has 36 valence electrons. The molecule has 1 heteroatoms. The average Bonchev–Trinajstić information content (AvgIpc) is 1.61. The summed E-state index contributed by atoms with van der Waals surface area (Å²) in [5.41, 5.74) is 0. The minimum absolute atomic E-state index is 1.12. The molecule has 0 bridgehead atoms. The van der Waals surface area contributed by atoms with Crippen molar-refractivity contribution in [2.75, 3.05) is 7.05 Å². The van der Waals surface area contributed by atoms with Gasteiger partial charge in [0.25, 0.3) is 0 Å². The van der Waals surface area contributed by atoms with Gasteiger partial charge in [-0.05, 0) is 12.6 Å². The minimum atomic E-state index is 1.12. The molecule has 0 aliphatic rings. The van der Waals surface area contributed by atoms with Crippen LogP contribution in [0.1, 0.15) is 19.8 Å². The standard InChI is InChI=1S/C5H11N/c1-3-4-5-6-2/h5H,3-4H2,1-2H3/b6-5-. The summed E-state index contributed by atoms with van der Waals surface area (Å²) in [6.07, 6.45) is 4.26. The molecular weight excluding hydrogens is 74.1 g/mol. The minimum Gasteiger partial charge on any atom is -0.301 e. The molecule has 0 aliphatic heterocycles. The summed E-state index contributed by atoms with van der Waals surface area (Å²) in [5, 5.41) is 0. The van der Waals surface area contributed by atoms with Crippen molar-refractivity contribution in [2.45, 2.75) is 19.8 Å². The summed E-state index contributed by atoms with van der Waals surface area (Å²) in [4.78, 5) is 3.80. The van der Waals surface area contributed by atoms with Crippen LogP contribution >= 0.6 is 0 Å². The van der Waals surface area contributed by atoms with Gasteiger partial charge in [0.2, 0.25) is 0 Å². The van der Waals surface area contributed by atoms with E-state index in [-0.39, 0.29) is 0 Å². The van der Waals surface area contributed by atoms with Crippen LogP contribution in [0.2, 0.25) is 0 Å². The van der Waals surface area contributed by atoms with Gasteiger partial charge in [0.1, 0.15) is 0 Å². The molecule has 0 amide bonds. The molecular formula is C5H11N. The number of aliphatic imine (C=N–C) groups is 1. The van der Waals surface area contributed by atoms with Gasteiger partial charge in [-0.1, -0.05) is 13.3 Å².